The van der Waals surface area contributed by atoms with E-state index in [1.54, 1.807) is 24.3 Å². The average Bonchev–Trinajstić information content (AvgIpc) is 3.01. The quantitative estimate of drug-likeness (QED) is 0.0978. The van der Waals surface area contributed by atoms with E-state index in [0.717, 1.165) is 36.8 Å². The highest BCUT2D eigenvalue weighted by Gasteiger charge is 2.14. The van der Waals surface area contributed by atoms with E-state index in [1.165, 1.54) is 11.1 Å². The minimum absolute atomic E-state index is 0.101. The van der Waals surface area contributed by atoms with Gasteiger partial charge in [-0.25, -0.2) is 9.59 Å². The van der Waals surface area contributed by atoms with E-state index in [1.807, 2.05) is 60.7 Å². The Kier molecular flexibility index (Phi) is 10.8. The normalized spacial score (nSPS) is 10.5. The zero-order chi connectivity index (χ0) is 28.9. The molecule has 0 amide bonds. The number of ether oxygens (including phenoxy) is 3. The van der Waals surface area contributed by atoms with Crippen molar-refractivity contribution in [1.29, 1.82) is 0 Å². The van der Waals surface area contributed by atoms with Crippen LogP contribution in [0.5, 0.6) is 11.5 Å². The van der Waals surface area contributed by atoms with Crippen molar-refractivity contribution in [2.75, 3.05) is 13.2 Å². The van der Waals surface area contributed by atoms with Gasteiger partial charge < -0.3 is 14.2 Å². The summed E-state index contributed by atoms with van der Waals surface area (Å²) in [6.45, 7) is 7.27. The van der Waals surface area contributed by atoms with Crippen molar-refractivity contribution in [2.45, 2.75) is 25.7 Å². The van der Waals surface area contributed by atoms with Gasteiger partial charge in [-0.05, 0) is 72.2 Å². The van der Waals surface area contributed by atoms with Gasteiger partial charge in [0, 0.05) is 0 Å². The topological polar surface area (TPSA) is 61.8 Å². The van der Waals surface area contributed by atoms with E-state index in [2.05, 4.69) is 37.4 Å². The Morgan fingerprint density at radius 2 is 0.780 bits per heavy atom. The van der Waals surface area contributed by atoms with Crippen LogP contribution in [0.1, 0.15) is 22.3 Å². The molecular weight excluding hydrogens is 512 g/mol. The summed E-state index contributed by atoms with van der Waals surface area (Å²) in [6, 6.07) is 35.4. The van der Waals surface area contributed by atoms with Gasteiger partial charge in [-0.3, -0.25) is 0 Å². The van der Waals surface area contributed by atoms with Crippen LogP contribution in [0, 0.1) is 0 Å². The third kappa shape index (κ3) is 9.75. The number of hydrogen-bond donors (Lipinski definition) is 0. The van der Waals surface area contributed by atoms with Crippen LogP contribution in [-0.2, 0) is 40.0 Å². The molecule has 0 bridgehead atoms. The number of benzene rings is 4. The third-order valence-electron chi connectivity index (χ3n) is 6.49. The predicted octanol–water partition coefficient (Wildman–Crippen LogP) is 6.90. The molecule has 0 aliphatic heterocycles. The number of rotatable bonds is 14. The van der Waals surface area contributed by atoms with Crippen molar-refractivity contribution in [1.82, 2.24) is 0 Å². The summed E-state index contributed by atoms with van der Waals surface area (Å²) in [6.07, 6.45) is 3.67. The first-order valence-electron chi connectivity index (χ1n) is 13.6. The molecule has 0 saturated carbocycles. The number of carbonyl (C=O) groups excluding carboxylic acids is 2. The molecule has 0 saturated heterocycles. The Balaban J connectivity index is 1.13. The highest BCUT2D eigenvalue weighted by atomic mass is 16.5. The second kappa shape index (κ2) is 15.2. The van der Waals surface area contributed by atoms with Crippen molar-refractivity contribution in [2.24, 2.45) is 0 Å². The Morgan fingerprint density at radius 1 is 0.463 bits per heavy atom. The zero-order valence-electron chi connectivity index (χ0n) is 23.1. The van der Waals surface area contributed by atoms with Gasteiger partial charge in [-0.2, -0.15) is 0 Å². The molecule has 0 N–H and O–H groups in total. The van der Waals surface area contributed by atoms with E-state index in [9.17, 15) is 9.59 Å². The van der Waals surface area contributed by atoms with Gasteiger partial charge in [0.25, 0.3) is 0 Å². The second-order valence-electron chi connectivity index (χ2n) is 9.74. The highest BCUT2D eigenvalue weighted by molar-refractivity contribution is 5.90. The fourth-order valence-electron chi connectivity index (χ4n) is 4.09. The minimum Gasteiger partial charge on any atom is -0.423 e. The standard InChI is InChI=1S/C36H34O5/c1-27(35(37)40-33-21-17-31(18-22-33)15-13-29-9-5-3-6-10-29)25-39-26-28(2)36(38)41-34-23-19-32(20-24-34)16-14-30-11-7-4-8-12-30/h3-12,17-24H,1-2,13-16,25-26H2. The van der Waals surface area contributed by atoms with Crippen LogP contribution < -0.4 is 9.47 Å². The molecular formula is C36H34O5. The molecule has 0 unspecified atom stereocenters. The lowest BCUT2D eigenvalue weighted by Crippen LogP contribution is -2.18. The number of aryl methyl sites for hydroxylation is 4. The van der Waals surface area contributed by atoms with Gasteiger partial charge >= 0.3 is 11.9 Å². The average molecular weight is 547 g/mol. The Hall–Kier alpha value is -4.74. The zero-order valence-corrected chi connectivity index (χ0v) is 23.1. The van der Waals surface area contributed by atoms with Crippen LogP contribution in [0.25, 0.3) is 0 Å². The maximum atomic E-state index is 12.4. The lowest BCUT2D eigenvalue weighted by molar-refractivity contribution is -0.130. The molecule has 4 aromatic carbocycles. The van der Waals surface area contributed by atoms with Gasteiger partial charge in [-0.1, -0.05) is 98.1 Å². The molecule has 4 aromatic rings. The monoisotopic (exact) mass is 546 g/mol. The second-order valence-corrected chi connectivity index (χ2v) is 9.74. The number of carbonyl (C=O) groups is 2. The summed E-state index contributed by atoms with van der Waals surface area (Å²) in [7, 11) is 0. The molecule has 41 heavy (non-hydrogen) atoms. The van der Waals surface area contributed by atoms with Crippen LogP contribution in [0.3, 0.4) is 0 Å². The lowest BCUT2D eigenvalue weighted by atomic mass is 10.0. The molecule has 208 valence electrons. The predicted molar refractivity (Wildman–Crippen MR) is 161 cm³/mol. The van der Waals surface area contributed by atoms with E-state index in [4.69, 9.17) is 14.2 Å². The van der Waals surface area contributed by atoms with Gasteiger partial charge in [0.1, 0.15) is 11.5 Å². The Morgan fingerprint density at radius 3 is 1.12 bits per heavy atom. The van der Waals surface area contributed by atoms with E-state index in [0.29, 0.717) is 11.5 Å². The van der Waals surface area contributed by atoms with Crippen molar-refractivity contribution >= 4 is 11.9 Å². The molecule has 4 rings (SSSR count). The van der Waals surface area contributed by atoms with Crippen molar-refractivity contribution in [3.05, 3.63) is 156 Å². The van der Waals surface area contributed by atoms with Crippen LogP contribution in [-0.4, -0.2) is 25.2 Å². The minimum atomic E-state index is -0.595. The maximum absolute atomic E-state index is 12.4. The molecule has 0 spiro atoms. The molecule has 0 heterocycles. The Labute approximate surface area is 241 Å². The molecule has 0 aromatic heterocycles. The van der Waals surface area contributed by atoms with Crippen molar-refractivity contribution in [3.8, 4) is 11.5 Å². The summed E-state index contributed by atoms with van der Waals surface area (Å²) in [5.74, 6) is -0.331. The number of esters is 2. The van der Waals surface area contributed by atoms with Crippen LogP contribution in [0.2, 0.25) is 0 Å². The fraction of sp³-hybridized carbons (Fsp3) is 0.167. The SMILES string of the molecule is C=C(COCC(=C)C(=O)Oc1ccc(CCc2ccccc2)cc1)C(=O)Oc1ccc(CCc2ccccc2)cc1. The lowest BCUT2D eigenvalue weighted by Gasteiger charge is -2.10. The van der Waals surface area contributed by atoms with Crippen molar-refractivity contribution in [3.63, 3.8) is 0 Å². The molecule has 0 aliphatic carbocycles. The van der Waals surface area contributed by atoms with Crippen molar-refractivity contribution < 1.29 is 23.8 Å². The summed E-state index contributed by atoms with van der Waals surface area (Å²) in [5.41, 5.74) is 5.12. The van der Waals surface area contributed by atoms with Gasteiger partial charge in [0.2, 0.25) is 0 Å². The van der Waals surface area contributed by atoms with E-state index < -0.39 is 11.9 Å². The Bertz CT molecular complexity index is 1330. The summed E-state index contributed by atoms with van der Waals surface area (Å²) in [5, 5.41) is 0. The van der Waals surface area contributed by atoms with Gasteiger partial charge in [0.15, 0.2) is 0 Å². The van der Waals surface area contributed by atoms with Crippen LogP contribution in [0.15, 0.2) is 133 Å². The summed E-state index contributed by atoms with van der Waals surface area (Å²) in [4.78, 5) is 24.8. The van der Waals surface area contributed by atoms with E-state index >= 15 is 0 Å². The molecule has 5 nitrogen and oxygen atoms in total. The molecule has 0 aliphatic rings. The van der Waals surface area contributed by atoms with Gasteiger partial charge in [-0.15, -0.1) is 0 Å². The molecule has 0 fully saturated rings. The molecule has 5 heteroatoms. The molecule has 0 atom stereocenters. The largest absolute Gasteiger partial charge is 0.423 e. The first kappa shape index (κ1) is 29.2. The highest BCUT2D eigenvalue weighted by Crippen LogP contribution is 2.17. The van der Waals surface area contributed by atoms with Gasteiger partial charge in [0.05, 0.1) is 24.4 Å². The third-order valence-corrected chi connectivity index (χ3v) is 6.49. The number of hydrogen-bond acceptors (Lipinski definition) is 5. The van der Waals surface area contributed by atoms with E-state index in [-0.39, 0.29) is 24.4 Å². The first-order valence-corrected chi connectivity index (χ1v) is 13.6. The fourth-order valence-corrected chi connectivity index (χ4v) is 4.09. The first-order chi connectivity index (χ1) is 20.0. The molecule has 0 radical (unpaired) electrons. The van der Waals surface area contributed by atoms with Crippen LogP contribution >= 0.6 is 0 Å². The maximum Gasteiger partial charge on any atom is 0.341 e. The smallest absolute Gasteiger partial charge is 0.341 e. The summed E-state index contributed by atoms with van der Waals surface area (Å²) >= 11 is 0. The summed E-state index contributed by atoms with van der Waals surface area (Å²) < 4.78 is 16.3. The van der Waals surface area contributed by atoms with Crippen LogP contribution in [0.4, 0.5) is 0 Å².